The lowest BCUT2D eigenvalue weighted by Gasteiger charge is -2.26. The fourth-order valence-corrected chi connectivity index (χ4v) is 3.11. The van der Waals surface area contributed by atoms with Gasteiger partial charge in [0.15, 0.2) is 0 Å². The van der Waals surface area contributed by atoms with Gasteiger partial charge in [0.1, 0.15) is 5.69 Å². The first-order valence-electron chi connectivity index (χ1n) is 5.70. The number of hydrogen-bond donors (Lipinski definition) is 1. The van der Waals surface area contributed by atoms with Gasteiger partial charge < -0.3 is 4.74 Å². The van der Waals surface area contributed by atoms with Gasteiger partial charge in [-0.25, -0.2) is 0 Å². The summed E-state index contributed by atoms with van der Waals surface area (Å²) in [4.78, 5) is 10.2. The number of nitrogens with one attached hydrogen (secondary N) is 1. The predicted molar refractivity (Wildman–Crippen MR) is 73.0 cm³/mol. The Kier molecular flexibility index (Phi) is 4.43. The summed E-state index contributed by atoms with van der Waals surface area (Å²) >= 11 is 5.75. The number of nitro benzene ring substituents is 1. The van der Waals surface area contributed by atoms with Gasteiger partial charge in [-0.2, -0.15) is 12.7 Å². The van der Waals surface area contributed by atoms with Crippen molar-refractivity contribution in [1.82, 2.24) is 4.31 Å². The molecule has 0 bridgehead atoms. The van der Waals surface area contributed by atoms with Crippen LogP contribution in [0.1, 0.15) is 0 Å². The molecule has 20 heavy (non-hydrogen) atoms. The Morgan fingerprint density at radius 1 is 1.35 bits per heavy atom. The van der Waals surface area contributed by atoms with Crippen molar-refractivity contribution in [3.05, 3.63) is 33.3 Å². The van der Waals surface area contributed by atoms with E-state index in [-0.39, 0.29) is 29.5 Å². The lowest BCUT2D eigenvalue weighted by molar-refractivity contribution is -0.383. The molecule has 0 atom stereocenters. The third-order valence-electron chi connectivity index (χ3n) is 2.70. The van der Waals surface area contributed by atoms with Gasteiger partial charge in [-0.15, -0.1) is 0 Å². The van der Waals surface area contributed by atoms with E-state index in [4.69, 9.17) is 16.3 Å². The maximum absolute atomic E-state index is 12.1. The van der Waals surface area contributed by atoms with Crippen molar-refractivity contribution < 1.29 is 18.1 Å². The molecular formula is C10H12ClN3O5S. The van der Waals surface area contributed by atoms with Crippen LogP contribution in [0, 0.1) is 10.1 Å². The largest absolute Gasteiger partial charge is 0.379 e. The Balaban J connectivity index is 2.28. The molecule has 1 aromatic rings. The second-order valence-electron chi connectivity index (χ2n) is 4.04. The molecule has 0 saturated carbocycles. The van der Waals surface area contributed by atoms with Crippen LogP contribution in [0.4, 0.5) is 11.4 Å². The van der Waals surface area contributed by atoms with E-state index in [1.54, 1.807) is 0 Å². The summed E-state index contributed by atoms with van der Waals surface area (Å²) in [7, 11) is -3.87. The quantitative estimate of drug-likeness (QED) is 0.664. The van der Waals surface area contributed by atoms with Crippen LogP contribution in [0.3, 0.4) is 0 Å². The first-order chi connectivity index (χ1) is 9.40. The highest BCUT2D eigenvalue weighted by atomic mass is 35.5. The third kappa shape index (κ3) is 3.37. The minimum Gasteiger partial charge on any atom is -0.379 e. The molecular weight excluding hydrogens is 310 g/mol. The fourth-order valence-electron chi connectivity index (χ4n) is 1.74. The van der Waals surface area contributed by atoms with Crippen LogP contribution in [0.25, 0.3) is 0 Å². The third-order valence-corrected chi connectivity index (χ3v) is 4.46. The van der Waals surface area contributed by atoms with Crippen molar-refractivity contribution >= 4 is 33.2 Å². The van der Waals surface area contributed by atoms with Crippen LogP contribution in [0.15, 0.2) is 18.2 Å². The topological polar surface area (TPSA) is 102 Å². The predicted octanol–water partition coefficient (Wildman–Crippen LogP) is 1.24. The van der Waals surface area contributed by atoms with Gasteiger partial charge in [0.05, 0.1) is 18.1 Å². The van der Waals surface area contributed by atoms with Gasteiger partial charge in [0, 0.05) is 24.2 Å². The standard InChI is InChI=1S/C10H12ClN3O5S/c11-8-1-2-10(14(15)16)9(7-8)12-20(17,18)13-3-5-19-6-4-13/h1-2,7,12H,3-6H2. The van der Waals surface area contributed by atoms with Crippen LogP contribution in [-0.2, 0) is 14.9 Å². The zero-order valence-electron chi connectivity index (χ0n) is 10.3. The van der Waals surface area contributed by atoms with E-state index in [2.05, 4.69) is 4.72 Å². The Bertz CT molecular complexity index is 615. The summed E-state index contributed by atoms with van der Waals surface area (Å²) in [6, 6.07) is 3.68. The number of halogens is 1. The summed E-state index contributed by atoms with van der Waals surface area (Å²) in [5, 5.41) is 11.1. The Morgan fingerprint density at radius 2 is 2.00 bits per heavy atom. The van der Waals surface area contributed by atoms with Crippen molar-refractivity contribution in [1.29, 1.82) is 0 Å². The van der Waals surface area contributed by atoms with Crippen LogP contribution < -0.4 is 4.72 Å². The zero-order valence-corrected chi connectivity index (χ0v) is 11.9. The van der Waals surface area contributed by atoms with Crippen LogP contribution in [0.2, 0.25) is 5.02 Å². The lowest BCUT2D eigenvalue weighted by Crippen LogP contribution is -2.43. The normalized spacial score (nSPS) is 16.9. The molecule has 110 valence electrons. The van der Waals surface area contributed by atoms with Gasteiger partial charge in [-0.05, 0) is 12.1 Å². The number of morpholine rings is 1. The molecule has 0 amide bonds. The molecule has 1 fully saturated rings. The molecule has 8 nitrogen and oxygen atoms in total. The number of rotatable bonds is 4. The maximum atomic E-state index is 12.1. The minimum absolute atomic E-state index is 0.158. The second-order valence-corrected chi connectivity index (χ2v) is 6.14. The first kappa shape index (κ1) is 15.0. The maximum Gasteiger partial charge on any atom is 0.302 e. The average molecular weight is 322 g/mol. The zero-order chi connectivity index (χ0) is 14.8. The highest BCUT2D eigenvalue weighted by Crippen LogP contribution is 2.29. The number of anilines is 1. The van der Waals surface area contributed by atoms with E-state index in [1.165, 1.54) is 16.4 Å². The molecule has 0 aromatic heterocycles. The average Bonchev–Trinajstić information content (AvgIpc) is 2.39. The highest BCUT2D eigenvalue weighted by molar-refractivity contribution is 7.90. The van der Waals surface area contributed by atoms with E-state index in [0.29, 0.717) is 13.2 Å². The van der Waals surface area contributed by atoms with Crippen LogP contribution in [0.5, 0.6) is 0 Å². The van der Waals surface area contributed by atoms with E-state index < -0.39 is 15.1 Å². The summed E-state index contributed by atoms with van der Waals surface area (Å²) in [6.07, 6.45) is 0. The molecule has 0 aliphatic carbocycles. The smallest absolute Gasteiger partial charge is 0.302 e. The Morgan fingerprint density at radius 3 is 2.60 bits per heavy atom. The SMILES string of the molecule is O=[N+]([O-])c1ccc(Cl)cc1NS(=O)(=O)N1CCOCC1. The Labute approximate surface area is 120 Å². The molecule has 10 heteroatoms. The van der Waals surface area contributed by atoms with E-state index in [9.17, 15) is 18.5 Å². The molecule has 1 heterocycles. The van der Waals surface area contributed by atoms with E-state index >= 15 is 0 Å². The molecule has 1 aliphatic heterocycles. The molecule has 0 radical (unpaired) electrons. The molecule has 1 aliphatic rings. The van der Waals surface area contributed by atoms with Crippen molar-refractivity contribution in [2.45, 2.75) is 0 Å². The number of ether oxygens (including phenoxy) is 1. The van der Waals surface area contributed by atoms with Crippen molar-refractivity contribution in [3.8, 4) is 0 Å². The molecule has 1 aromatic carbocycles. The number of nitrogens with zero attached hydrogens (tertiary/aromatic N) is 2. The Hall–Kier alpha value is -1.42. The number of hydrogen-bond acceptors (Lipinski definition) is 5. The summed E-state index contributed by atoms with van der Waals surface area (Å²) in [6.45, 7) is 0.977. The highest BCUT2D eigenvalue weighted by Gasteiger charge is 2.27. The lowest BCUT2D eigenvalue weighted by atomic mass is 10.3. The van der Waals surface area contributed by atoms with Gasteiger partial charge in [0.25, 0.3) is 5.69 Å². The summed E-state index contributed by atoms with van der Waals surface area (Å²) in [5.74, 6) is 0. The minimum atomic E-state index is -3.87. The van der Waals surface area contributed by atoms with Gasteiger partial charge in [-0.3, -0.25) is 14.8 Å². The number of benzene rings is 1. The molecule has 0 unspecified atom stereocenters. The monoisotopic (exact) mass is 321 g/mol. The molecule has 1 saturated heterocycles. The number of nitro groups is 1. The van der Waals surface area contributed by atoms with Gasteiger partial charge in [-0.1, -0.05) is 11.6 Å². The van der Waals surface area contributed by atoms with Crippen LogP contribution >= 0.6 is 11.6 Å². The van der Waals surface area contributed by atoms with Gasteiger partial charge >= 0.3 is 10.2 Å². The van der Waals surface area contributed by atoms with E-state index in [0.717, 1.165) is 6.07 Å². The molecule has 0 spiro atoms. The summed E-state index contributed by atoms with van der Waals surface area (Å²) < 4.78 is 32.7. The fraction of sp³-hybridized carbons (Fsp3) is 0.400. The van der Waals surface area contributed by atoms with E-state index in [1.807, 2.05) is 0 Å². The van der Waals surface area contributed by atoms with Crippen molar-refractivity contribution in [2.24, 2.45) is 0 Å². The van der Waals surface area contributed by atoms with Crippen molar-refractivity contribution in [3.63, 3.8) is 0 Å². The molecule has 2 rings (SSSR count). The van der Waals surface area contributed by atoms with Crippen LogP contribution in [-0.4, -0.2) is 43.9 Å². The summed E-state index contributed by atoms with van der Waals surface area (Å²) in [5.41, 5.74) is -0.514. The van der Waals surface area contributed by atoms with Gasteiger partial charge in [0.2, 0.25) is 0 Å². The first-order valence-corrected chi connectivity index (χ1v) is 7.51. The molecule has 1 N–H and O–H groups in total. The second kappa shape index (κ2) is 5.92. The van der Waals surface area contributed by atoms with Crippen molar-refractivity contribution in [2.75, 3.05) is 31.0 Å².